The number of halogens is 3. The van der Waals surface area contributed by atoms with Crippen molar-refractivity contribution in [3.63, 3.8) is 0 Å². The predicted molar refractivity (Wildman–Crippen MR) is 75.3 cm³/mol. The molecule has 118 valence electrons. The van der Waals surface area contributed by atoms with Gasteiger partial charge in [-0.1, -0.05) is 0 Å². The summed E-state index contributed by atoms with van der Waals surface area (Å²) in [5.41, 5.74) is 0. The van der Waals surface area contributed by atoms with E-state index in [9.17, 15) is 13.2 Å². The first-order valence-corrected chi connectivity index (χ1v) is 6.90. The molecular weight excluding hydrogens is 283 g/mol. The molecule has 1 aromatic heterocycles. The zero-order valence-electron chi connectivity index (χ0n) is 12.3. The number of alkyl halides is 3. The lowest BCUT2D eigenvalue weighted by atomic mass is 9.99. The van der Waals surface area contributed by atoms with Crippen LogP contribution >= 0.6 is 0 Å². The molecule has 2 unspecified atom stereocenters. The fourth-order valence-corrected chi connectivity index (χ4v) is 2.41. The fraction of sp³-hybridized carbons (Fsp3) is 0.692. The zero-order chi connectivity index (χ0) is 15.6. The minimum Gasteiger partial charge on any atom is -0.373 e. The maximum Gasteiger partial charge on any atom is 0.451 e. The van der Waals surface area contributed by atoms with Gasteiger partial charge >= 0.3 is 6.18 Å². The van der Waals surface area contributed by atoms with E-state index in [0.717, 1.165) is 19.4 Å². The summed E-state index contributed by atoms with van der Waals surface area (Å²) in [7, 11) is 3.58. The molecule has 1 aliphatic heterocycles. The molecular formula is C13H20F3N5. The summed E-state index contributed by atoms with van der Waals surface area (Å²) >= 11 is 0. The second-order valence-electron chi connectivity index (χ2n) is 5.41. The quantitative estimate of drug-likeness (QED) is 0.898. The van der Waals surface area contributed by atoms with Crippen LogP contribution in [0, 0.1) is 0 Å². The van der Waals surface area contributed by atoms with Crippen molar-refractivity contribution in [2.75, 3.05) is 31.3 Å². The van der Waals surface area contributed by atoms with Crippen LogP contribution in [-0.4, -0.2) is 47.6 Å². The van der Waals surface area contributed by atoms with Gasteiger partial charge in [-0.3, -0.25) is 0 Å². The molecule has 5 nitrogen and oxygen atoms in total. The Labute approximate surface area is 122 Å². The molecule has 0 aliphatic carbocycles. The van der Waals surface area contributed by atoms with E-state index in [4.69, 9.17) is 0 Å². The highest BCUT2D eigenvalue weighted by molar-refractivity contribution is 5.48. The third kappa shape index (κ3) is 3.96. The molecule has 21 heavy (non-hydrogen) atoms. The molecule has 1 aliphatic rings. The summed E-state index contributed by atoms with van der Waals surface area (Å²) in [5, 5.41) is 5.73. The maximum atomic E-state index is 12.8. The van der Waals surface area contributed by atoms with Crippen LogP contribution in [-0.2, 0) is 6.18 Å². The van der Waals surface area contributed by atoms with Gasteiger partial charge in [0.25, 0.3) is 0 Å². The molecule has 0 amide bonds. The van der Waals surface area contributed by atoms with Crippen LogP contribution < -0.4 is 10.6 Å². The molecule has 2 rings (SSSR count). The Morgan fingerprint density at radius 3 is 2.52 bits per heavy atom. The number of rotatable bonds is 3. The largest absolute Gasteiger partial charge is 0.451 e. The third-order valence-corrected chi connectivity index (χ3v) is 3.80. The van der Waals surface area contributed by atoms with Crippen molar-refractivity contribution >= 4 is 11.6 Å². The molecule has 1 fully saturated rings. The molecule has 0 aromatic carbocycles. The first-order valence-electron chi connectivity index (χ1n) is 6.90. The Morgan fingerprint density at radius 1 is 1.29 bits per heavy atom. The summed E-state index contributed by atoms with van der Waals surface area (Å²) in [5.74, 6) is -0.762. The van der Waals surface area contributed by atoms with Gasteiger partial charge < -0.3 is 15.5 Å². The molecule has 0 saturated carbocycles. The van der Waals surface area contributed by atoms with E-state index in [1.54, 1.807) is 0 Å². The highest BCUT2D eigenvalue weighted by Gasteiger charge is 2.35. The van der Waals surface area contributed by atoms with Gasteiger partial charge in [-0.2, -0.15) is 13.2 Å². The van der Waals surface area contributed by atoms with Crippen molar-refractivity contribution in [2.45, 2.75) is 38.0 Å². The van der Waals surface area contributed by atoms with Crippen LogP contribution in [0.15, 0.2) is 6.07 Å². The van der Waals surface area contributed by atoms with Gasteiger partial charge in [0.15, 0.2) is 0 Å². The SMILES string of the molecule is CNc1cc(NC2CCN(C)C(C)C2)nc(C(F)(F)F)n1. The second-order valence-corrected chi connectivity index (χ2v) is 5.41. The molecule has 8 heteroatoms. The van der Waals surface area contributed by atoms with Crippen molar-refractivity contribution in [1.82, 2.24) is 14.9 Å². The average Bonchev–Trinajstić information content (AvgIpc) is 2.41. The summed E-state index contributed by atoms with van der Waals surface area (Å²) in [6, 6.07) is 2.01. The summed E-state index contributed by atoms with van der Waals surface area (Å²) in [6.07, 6.45) is -2.80. The number of piperidine rings is 1. The van der Waals surface area contributed by atoms with Crippen molar-refractivity contribution in [1.29, 1.82) is 0 Å². The Balaban J connectivity index is 2.16. The van der Waals surface area contributed by atoms with Crippen LogP contribution in [0.25, 0.3) is 0 Å². The standard InChI is InChI=1S/C13H20F3N5/c1-8-6-9(4-5-21(8)3)18-11-7-10(17-2)19-12(20-11)13(14,15)16/h7-9H,4-6H2,1-3H3,(H2,17,18,19,20). The highest BCUT2D eigenvalue weighted by atomic mass is 19.4. The van der Waals surface area contributed by atoms with Crippen LogP contribution in [0.1, 0.15) is 25.6 Å². The number of anilines is 2. The topological polar surface area (TPSA) is 53.1 Å². The van der Waals surface area contributed by atoms with E-state index in [1.807, 2.05) is 7.05 Å². The Bertz CT molecular complexity index is 491. The van der Waals surface area contributed by atoms with Crippen LogP contribution in [0.3, 0.4) is 0 Å². The van der Waals surface area contributed by atoms with Gasteiger partial charge in [0.2, 0.25) is 5.82 Å². The van der Waals surface area contributed by atoms with Crippen LogP contribution in [0.2, 0.25) is 0 Å². The monoisotopic (exact) mass is 303 g/mol. The number of hydrogen-bond acceptors (Lipinski definition) is 5. The van der Waals surface area contributed by atoms with Gasteiger partial charge in [0.05, 0.1) is 0 Å². The van der Waals surface area contributed by atoms with Crippen molar-refractivity contribution in [3.8, 4) is 0 Å². The third-order valence-electron chi connectivity index (χ3n) is 3.80. The average molecular weight is 303 g/mol. The van der Waals surface area contributed by atoms with Crippen molar-refractivity contribution in [3.05, 3.63) is 11.9 Å². The first kappa shape index (κ1) is 15.8. The highest BCUT2D eigenvalue weighted by Crippen LogP contribution is 2.29. The van der Waals surface area contributed by atoms with E-state index >= 15 is 0 Å². The van der Waals surface area contributed by atoms with E-state index in [2.05, 4.69) is 32.4 Å². The summed E-state index contributed by atoms with van der Waals surface area (Å²) in [4.78, 5) is 9.27. The van der Waals surface area contributed by atoms with E-state index < -0.39 is 12.0 Å². The lowest BCUT2D eigenvalue weighted by Crippen LogP contribution is -2.42. The van der Waals surface area contributed by atoms with Gasteiger partial charge in [-0.15, -0.1) is 0 Å². The van der Waals surface area contributed by atoms with Gasteiger partial charge in [0, 0.05) is 31.7 Å². The van der Waals surface area contributed by atoms with Crippen LogP contribution in [0.5, 0.6) is 0 Å². The Kier molecular flexibility index (Phi) is 4.55. The summed E-state index contributed by atoms with van der Waals surface area (Å²) < 4.78 is 38.4. The van der Waals surface area contributed by atoms with E-state index in [0.29, 0.717) is 6.04 Å². The predicted octanol–water partition coefficient (Wildman–Crippen LogP) is 2.43. The molecule has 1 saturated heterocycles. The van der Waals surface area contributed by atoms with E-state index in [1.165, 1.54) is 13.1 Å². The molecule has 1 aromatic rings. The van der Waals surface area contributed by atoms with Gasteiger partial charge in [-0.25, -0.2) is 9.97 Å². The minimum absolute atomic E-state index is 0.122. The molecule has 2 heterocycles. The smallest absolute Gasteiger partial charge is 0.373 e. The molecule has 2 N–H and O–H groups in total. The normalized spacial score (nSPS) is 23.9. The van der Waals surface area contributed by atoms with Crippen molar-refractivity contribution < 1.29 is 13.2 Å². The molecule has 0 spiro atoms. The Hall–Kier alpha value is -1.57. The second kappa shape index (κ2) is 6.05. The molecule has 2 atom stereocenters. The minimum atomic E-state index is -4.55. The van der Waals surface area contributed by atoms with Gasteiger partial charge in [-0.05, 0) is 26.8 Å². The summed E-state index contributed by atoms with van der Waals surface area (Å²) in [6.45, 7) is 3.02. The first-order chi connectivity index (χ1) is 9.79. The number of aromatic nitrogens is 2. The van der Waals surface area contributed by atoms with E-state index in [-0.39, 0.29) is 17.7 Å². The molecule has 0 bridgehead atoms. The van der Waals surface area contributed by atoms with Crippen LogP contribution in [0.4, 0.5) is 24.8 Å². The lowest BCUT2D eigenvalue weighted by molar-refractivity contribution is -0.144. The fourth-order valence-electron chi connectivity index (χ4n) is 2.41. The number of nitrogens with one attached hydrogen (secondary N) is 2. The number of nitrogens with zero attached hydrogens (tertiary/aromatic N) is 3. The number of likely N-dealkylation sites (tertiary alicyclic amines) is 1. The number of hydrogen-bond donors (Lipinski definition) is 2. The zero-order valence-corrected chi connectivity index (χ0v) is 12.3. The Morgan fingerprint density at radius 2 is 1.95 bits per heavy atom. The van der Waals surface area contributed by atoms with Gasteiger partial charge in [0.1, 0.15) is 11.6 Å². The molecule has 0 radical (unpaired) electrons. The van der Waals surface area contributed by atoms with Crippen molar-refractivity contribution in [2.24, 2.45) is 0 Å². The lowest BCUT2D eigenvalue weighted by Gasteiger charge is -2.35. The maximum absolute atomic E-state index is 12.8.